The first-order valence-corrected chi connectivity index (χ1v) is 10.9. The molecule has 2 aromatic carbocycles. The summed E-state index contributed by atoms with van der Waals surface area (Å²) in [7, 11) is -3.49. The van der Waals surface area contributed by atoms with Crippen molar-refractivity contribution < 1.29 is 13.2 Å². The zero-order chi connectivity index (χ0) is 21.0. The van der Waals surface area contributed by atoms with Gasteiger partial charge in [-0.2, -0.15) is 0 Å². The number of hydrogen-bond donors (Lipinski definition) is 3. The molecule has 3 N–H and O–H groups in total. The third-order valence-corrected chi connectivity index (χ3v) is 5.84. The molecule has 3 rings (SSSR count). The van der Waals surface area contributed by atoms with E-state index in [0.29, 0.717) is 22.0 Å². The first-order valence-electron chi connectivity index (χ1n) is 9.22. The summed E-state index contributed by atoms with van der Waals surface area (Å²) in [5.41, 5.74) is 1.80. The lowest BCUT2D eigenvalue weighted by molar-refractivity contribution is 0.0952. The Morgan fingerprint density at radius 1 is 1.03 bits per heavy atom. The van der Waals surface area contributed by atoms with Crippen molar-refractivity contribution in [3.05, 3.63) is 81.6 Å². The van der Waals surface area contributed by atoms with Gasteiger partial charge in [-0.25, -0.2) is 13.1 Å². The van der Waals surface area contributed by atoms with Crippen LogP contribution in [0.1, 0.15) is 35.3 Å². The highest BCUT2D eigenvalue weighted by atomic mass is 32.2. The lowest BCUT2D eigenvalue weighted by Crippen LogP contribution is -2.32. The van der Waals surface area contributed by atoms with Crippen LogP contribution in [0.25, 0.3) is 10.9 Å². The van der Waals surface area contributed by atoms with Crippen LogP contribution in [0.4, 0.5) is 0 Å². The van der Waals surface area contributed by atoms with E-state index in [4.69, 9.17) is 0 Å². The van der Waals surface area contributed by atoms with E-state index in [2.05, 4.69) is 15.0 Å². The van der Waals surface area contributed by atoms with E-state index in [1.807, 2.05) is 0 Å². The quantitative estimate of drug-likeness (QED) is 0.552. The molecule has 1 amide bonds. The number of H-pyrrole nitrogens is 1. The first-order chi connectivity index (χ1) is 13.7. The van der Waals surface area contributed by atoms with Crippen molar-refractivity contribution in [3.8, 4) is 0 Å². The fraction of sp³-hybridized carbons (Fsp3) is 0.238. The Kier molecular flexibility index (Phi) is 6.14. The molecule has 0 aliphatic heterocycles. The number of hydrogen-bond acceptors (Lipinski definition) is 4. The minimum atomic E-state index is -3.49. The Hall–Kier alpha value is -2.97. The van der Waals surface area contributed by atoms with Crippen molar-refractivity contribution in [1.29, 1.82) is 0 Å². The molecule has 0 radical (unpaired) electrons. The van der Waals surface area contributed by atoms with E-state index in [1.54, 1.807) is 62.4 Å². The molecule has 0 aliphatic rings. The number of carbonyl (C=O) groups excluding carboxylic acids is 1. The van der Waals surface area contributed by atoms with E-state index in [-0.39, 0.29) is 29.5 Å². The van der Waals surface area contributed by atoms with Crippen LogP contribution >= 0.6 is 0 Å². The van der Waals surface area contributed by atoms with E-state index in [9.17, 15) is 18.0 Å². The molecule has 1 heterocycles. The predicted octanol–water partition coefficient (Wildman–Crippen LogP) is 2.29. The fourth-order valence-electron chi connectivity index (χ4n) is 3.14. The Morgan fingerprint density at radius 2 is 1.69 bits per heavy atom. The fourth-order valence-corrected chi connectivity index (χ4v) is 4.63. The van der Waals surface area contributed by atoms with Crippen molar-refractivity contribution in [2.24, 2.45) is 0 Å². The summed E-state index contributed by atoms with van der Waals surface area (Å²) >= 11 is 0. The Labute approximate surface area is 169 Å². The van der Waals surface area contributed by atoms with E-state index < -0.39 is 15.9 Å². The topological polar surface area (TPSA) is 108 Å². The van der Waals surface area contributed by atoms with Crippen LogP contribution < -0.4 is 15.6 Å². The second-order valence-electron chi connectivity index (χ2n) is 7.08. The summed E-state index contributed by atoms with van der Waals surface area (Å²) < 4.78 is 27.1. The third kappa shape index (κ3) is 5.30. The number of carbonyl (C=O) groups is 1. The maximum atomic E-state index is 12.7. The number of benzene rings is 2. The van der Waals surface area contributed by atoms with Crippen LogP contribution in [0.5, 0.6) is 0 Å². The Morgan fingerprint density at radius 3 is 2.41 bits per heavy atom. The number of nitrogens with one attached hydrogen (secondary N) is 3. The highest BCUT2D eigenvalue weighted by Gasteiger charge is 2.16. The van der Waals surface area contributed by atoms with Gasteiger partial charge in [-0.3, -0.25) is 9.59 Å². The summed E-state index contributed by atoms with van der Waals surface area (Å²) in [5, 5.41) is 3.43. The number of sulfonamides is 1. The molecule has 0 unspecified atom stereocenters. The molecule has 152 valence electrons. The second kappa shape index (κ2) is 8.59. The molecule has 0 spiro atoms. The zero-order valence-electron chi connectivity index (χ0n) is 16.2. The van der Waals surface area contributed by atoms with Gasteiger partial charge in [0, 0.05) is 29.6 Å². The van der Waals surface area contributed by atoms with Gasteiger partial charge in [0.2, 0.25) is 15.6 Å². The molecule has 3 aromatic rings. The molecule has 29 heavy (non-hydrogen) atoms. The highest BCUT2D eigenvalue weighted by Crippen LogP contribution is 2.16. The van der Waals surface area contributed by atoms with Gasteiger partial charge in [0.1, 0.15) is 0 Å². The molecule has 0 aliphatic carbocycles. The maximum absolute atomic E-state index is 12.7. The standard InChI is InChI=1S/C21H23N3O4S/c1-14(2)24-29(27,28)13-16-8-4-3-7-15(16)12-22-21(26)18-11-20(25)23-19-10-6-5-9-17(18)19/h3-11,14,24H,12-13H2,1-2H3,(H,22,26)(H,23,25). The molecule has 0 saturated carbocycles. The molecular weight excluding hydrogens is 390 g/mol. The molecule has 0 bridgehead atoms. The van der Waals surface area contributed by atoms with Gasteiger partial charge in [0.25, 0.3) is 5.91 Å². The number of aromatic amines is 1. The van der Waals surface area contributed by atoms with Crippen LogP contribution in [-0.2, 0) is 22.3 Å². The van der Waals surface area contributed by atoms with Crippen LogP contribution in [-0.4, -0.2) is 25.4 Å². The van der Waals surface area contributed by atoms with Crippen LogP contribution in [0.3, 0.4) is 0 Å². The summed E-state index contributed by atoms with van der Waals surface area (Å²) in [5.74, 6) is -0.573. The summed E-state index contributed by atoms with van der Waals surface area (Å²) in [6, 6.07) is 15.2. The van der Waals surface area contributed by atoms with E-state index in [0.717, 1.165) is 0 Å². The third-order valence-electron chi connectivity index (χ3n) is 4.31. The minimum Gasteiger partial charge on any atom is -0.348 e. The SMILES string of the molecule is CC(C)NS(=O)(=O)Cc1ccccc1CNC(=O)c1cc(=O)[nH]c2ccccc12. The van der Waals surface area contributed by atoms with Crippen molar-refractivity contribution in [2.75, 3.05) is 0 Å². The number of fused-ring (bicyclic) bond motifs is 1. The molecule has 7 nitrogen and oxygen atoms in total. The molecule has 0 saturated heterocycles. The van der Waals surface area contributed by atoms with Gasteiger partial charge in [-0.05, 0) is 31.0 Å². The molecular formula is C21H23N3O4S. The number of pyridine rings is 1. The maximum Gasteiger partial charge on any atom is 0.252 e. The van der Waals surface area contributed by atoms with Crippen molar-refractivity contribution in [3.63, 3.8) is 0 Å². The smallest absolute Gasteiger partial charge is 0.252 e. The lowest BCUT2D eigenvalue weighted by Gasteiger charge is -2.14. The van der Waals surface area contributed by atoms with Gasteiger partial charge >= 0.3 is 0 Å². The number of para-hydroxylation sites is 1. The number of rotatable bonds is 7. The van der Waals surface area contributed by atoms with Gasteiger partial charge in [-0.15, -0.1) is 0 Å². The van der Waals surface area contributed by atoms with Crippen molar-refractivity contribution in [2.45, 2.75) is 32.2 Å². The summed E-state index contributed by atoms with van der Waals surface area (Å²) in [6.07, 6.45) is 0. The number of amides is 1. The molecule has 8 heteroatoms. The summed E-state index contributed by atoms with van der Waals surface area (Å²) in [4.78, 5) is 27.3. The van der Waals surface area contributed by atoms with E-state index in [1.165, 1.54) is 6.07 Å². The van der Waals surface area contributed by atoms with Crippen molar-refractivity contribution in [1.82, 2.24) is 15.0 Å². The normalized spacial score (nSPS) is 11.7. The second-order valence-corrected chi connectivity index (χ2v) is 8.83. The zero-order valence-corrected chi connectivity index (χ0v) is 17.0. The van der Waals surface area contributed by atoms with E-state index >= 15 is 0 Å². The highest BCUT2D eigenvalue weighted by molar-refractivity contribution is 7.88. The van der Waals surface area contributed by atoms with Crippen LogP contribution in [0.15, 0.2) is 59.4 Å². The monoisotopic (exact) mass is 413 g/mol. The molecule has 0 atom stereocenters. The Bertz CT molecular complexity index is 1200. The molecule has 0 fully saturated rings. The Balaban J connectivity index is 1.81. The predicted molar refractivity (Wildman–Crippen MR) is 113 cm³/mol. The summed E-state index contributed by atoms with van der Waals surface area (Å²) in [6.45, 7) is 3.67. The largest absolute Gasteiger partial charge is 0.348 e. The van der Waals surface area contributed by atoms with Gasteiger partial charge in [0.05, 0.1) is 11.3 Å². The van der Waals surface area contributed by atoms with Crippen molar-refractivity contribution >= 4 is 26.8 Å². The van der Waals surface area contributed by atoms with Gasteiger partial charge in [0.15, 0.2) is 0 Å². The average molecular weight is 413 g/mol. The minimum absolute atomic E-state index is 0.146. The van der Waals surface area contributed by atoms with Crippen LogP contribution in [0, 0.1) is 0 Å². The molecule has 1 aromatic heterocycles. The lowest BCUT2D eigenvalue weighted by atomic mass is 10.1. The van der Waals surface area contributed by atoms with Crippen LogP contribution in [0.2, 0.25) is 0 Å². The number of aromatic nitrogens is 1. The van der Waals surface area contributed by atoms with Gasteiger partial charge in [-0.1, -0.05) is 42.5 Å². The van der Waals surface area contributed by atoms with Gasteiger partial charge < -0.3 is 10.3 Å². The first kappa shape index (κ1) is 20.8. The average Bonchev–Trinajstić information content (AvgIpc) is 2.65.